The maximum absolute atomic E-state index is 12.9. The summed E-state index contributed by atoms with van der Waals surface area (Å²) in [6, 6.07) is 8.19. The summed E-state index contributed by atoms with van der Waals surface area (Å²) in [6.07, 6.45) is 9.96. The van der Waals surface area contributed by atoms with Crippen LogP contribution >= 0.6 is 11.3 Å². The fourth-order valence-electron chi connectivity index (χ4n) is 4.27. The van der Waals surface area contributed by atoms with Crippen molar-refractivity contribution in [3.8, 4) is 5.75 Å². The van der Waals surface area contributed by atoms with Crippen LogP contribution in [-0.4, -0.2) is 66.9 Å². The molecule has 3 N–H and O–H groups in total. The van der Waals surface area contributed by atoms with Crippen molar-refractivity contribution in [1.82, 2.24) is 14.8 Å². The highest BCUT2D eigenvalue weighted by atomic mass is 32.1. The van der Waals surface area contributed by atoms with E-state index >= 15 is 0 Å². The molecule has 7 nitrogen and oxygen atoms in total. The summed E-state index contributed by atoms with van der Waals surface area (Å²) in [5.74, 6) is 0.726. The highest BCUT2D eigenvalue weighted by molar-refractivity contribution is 7.18. The molecule has 4 rings (SSSR count). The molecule has 0 bridgehead atoms. The number of ketones is 1. The number of ether oxygens (including phenoxy) is 1. The lowest BCUT2D eigenvalue weighted by molar-refractivity contribution is 0.104. The number of rotatable bonds is 7. The summed E-state index contributed by atoms with van der Waals surface area (Å²) < 4.78 is 5.22. The topological polar surface area (TPSA) is 83.7 Å². The first kappa shape index (κ1) is 22.5. The standard InChI is InChI=1S/C24H31N5O2S/c1-28(2)18-11-13-29(14-12-18)19-9-7-17(8-10-19)26-24-27-23(25)22(32-24)21(30)16-5-4-6-20(15-16)31-3/h4-9,15,18-19H,10-14,25H2,1-3H3,(H,26,27). The first-order chi connectivity index (χ1) is 15.4. The molecular weight excluding hydrogens is 422 g/mol. The van der Waals surface area contributed by atoms with E-state index in [2.05, 4.69) is 52.4 Å². The largest absolute Gasteiger partial charge is 0.497 e. The van der Waals surface area contributed by atoms with Crippen molar-refractivity contribution < 1.29 is 9.53 Å². The molecule has 8 heteroatoms. The first-order valence-electron chi connectivity index (χ1n) is 11.0. The van der Waals surface area contributed by atoms with Gasteiger partial charge < -0.3 is 20.7 Å². The quantitative estimate of drug-likeness (QED) is 0.620. The number of carbonyl (C=O) groups is 1. The summed E-state index contributed by atoms with van der Waals surface area (Å²) in [4.78, 5) is 22.6. The average Bonchev–Trinajstić information content (AvgIpc) is 3.19. The van der Waals surface area contributed by atoms with Crippen molar-refractivity contribution >= 4 is 28.1 Å². The van der Waals surface area contributed by atoms with Gasteiger partial charge in [0.2, 0.25) is 5.78 Å². The van der Waals surface area contributed by atoms with Crippen molar-refractivity contribution in [2.75, 3.05) is 45.3 Å². The van der Waals surface area contributed by atoms with E-state index in [1.807, 2.05) is 0 Å². The fourth-order valence-corrected chi connectivity index (χ4v) is 5.14. The van der Waals surface area contributed by atoms with E-state index in [-0.39, 0.29) is 11.6 Å². The Bertz CT molecular complexity index is 1020. The third kappa shape index (κ3) is 5.03. The predicted octanol–water partition coefficient (Wildman–Crippen LogP) is 3.62. The van der Waals surface area contributed by atoms with E-state index in [1.54, 1.807) is 31.4 Å². The number of nitrogens with one attached hydrogen (secondary N) is 1. The van der Waals surface area contributed by atoms with Crippen molar-refractivity contribution in [1.29, 1.82) is 0 Å². The smallest absolute Gasteiger partial charge is 0.206 e. The number of likely N-dealkylation sites (tertiary alicyclic amines) is 1. The Morgan fingerprint density at radius 2 is 2.09 bits per heavy atom. The predicted molar refractivity (Wildman–Crippen MR) is 130 cm³/mol. The Balaban J connectivity index is 1.37. The first-order valence-corrected chi connectivity index (χ1v) is 11.8. The number of nitrogen functional groups attached to an aromatic ring is 1. The SMILES string of the molecule is COc1cccc(C(=O)c2sc(NC3=CCC(N4CCC(N(C)C)CC4)C=C3)nc2N)c1. The summed E-state index contributed by atoms with van der Waals surface area (Å²) in [6.45, 7) is 2.26. The van der Waals surface area contributed by atoms with Gasteiger partial charge in [-0.15, -0.1) is 0 Å². The molecule has 2 aromatic rings. The maximum atomic E-state index is 12.9. The molecule has 1 aliphatic carbocycles. The number of nitrogens with two attached hydrogens (primary N) is 1. The monoisotopic (exact) mass is 453 g/mol. The molecule has 1 saturated heterocycles. The van der Waals surface area contributed by atoms with Gasteiger partial charge in [0, 0.05) is 36.4 Å². The van der Waals surface area contributed by atoms with Crippen molar-refractivity contribution in [3.05, 3.63) is 58.6 Å². The molecule has 0 spiro atoms. The number of aromatic nitrogens is 1. The molecule has 2 aliphatic rings. The number of carbonyl (C=O) groups excluding carboxylic acids is 1. The van der Waals surface area contributed by atoms with Crippen LogP contribution in [0.5, 0.6) is 5.75 Å². The molecule has 1 atom stereocenters. The van der Waals surface area contributed by atoms with E-state index in [9.17, 15) is 4.79 Å². The van der Waals surface area contributed by atoms with Gasteiger partial charge in [-0.2, -0.15) is 0 Å². The Morgan fingerprint density at radius 1 is 1.31 bits per heavy atom. The van der Waals surface area contributed by atoms with E-state index in [0.717, 1.165) is 25.2 Å². The van der Waals surface area contributed by atoms with E-state index in [4.69, 9.17) is 10.5 Å². The number of allylic oxidation sites excluding steroid dienone is 1. The van der Waals surface area contributed by atoms with Gasteiger partial charge >= 0.3 is 0 Å². The molecule has 0 saturated carbocycles. The molecule has 1 fully saturated rings. The number of methoxy groups -OCH3 is 1. The van der Waals surface area contributed by atoms with Crippen LogP contribution in [0.2, 0.25) is 0 Å². The van der Waals surface area contributed by atoms with Gasteiger partial charge in [0.25, 0.3) is 0 Å². The highest BCUT2D eigenvalue weighted by Crippen LogP contribution is 2.30. The summed E-state index contributed by atoms with van der Waals surface area (Å²) >= 11 is 1.27. The third-order valence-corrected chi connectivity index (χ3v) is 7.20. The van der Waals surface area contributed by atoms with Gasteiger partial charge in [0.15, 0.2) is 5.13 Å². The van der Waals surface area contributed by atoms with Gasteiger partial charge in [-0.25, -0.2) is 4.98 Å². The Labute approximate surface area is 193 Å². The van der Waals surface area contributed by atoms with Gasteiger partial charge in [-0.05, 0) is 51.6 Å². The van der Waals surface area contributed by atoms with Gasteiger partial charge in [0.05, 0.1) is 7.11 Å². The van der Waals surface area contributed by atoms with Crippen LogP contribution in [0.4, 0.5) is 10.9 Å². The third-order valence-electron chi connectivity index (χ3n) is 6.22. The molecule has 0 amide bonds. The van der Waals surface area contributed by atoms with E-state index in [0.29, 0.717) is 33.4 Å². The minimum absolute atomic E-state index is 0.152. The van der Waals surface area contributed by atoms with Gasteiger partial charge in [-0.3, -0.25) is 9.69 Å². The van der Waals surface area contributed by atoms with Crippen LogP contribution < -0.4 is 15.8 Å². The maximum Gasteiger partial charge on any atom is 0.206 e. The second-order valence-electron chi connectivity index (χ2n) is 8.47. The molecule has 1 aromatic carbocycles. The second-order valence-corrected chi connectivity index (χ2v) is 9.47. The summed E-state index contributed by atoms with van der Waals surface area (Å²) in [7, 11) is 5.92. The molecule has 32 heavy (non-hydrogen) atoms. The number of hydrogen-bond acceptors (Lipinski definition) is 8. The average molecular weight is 454 g/mol. The van der Waals surface area contributed by atoms with Crippen LogP contribution in [0.25, 0.3) is 0 Å². The Morgan fingerprint density at radius 3 is 2.75 bits per heavy atom. The molecule has 0 radical (unpaired) electrons. The number of anilines is 2. The lowest BCUT2D eigenvalue weighted by Gasteiger charge is -2.39. The van der Waals surface area contributed by atoms with Crippen LogP contribution in [0.15, 0.2) is 48.2 Å². The van der Waals surface area contributed by atoms with Crippen LogP contribution in [0.3, 0.4) is 0 Å². The Kier molecular flexibility index (Phi) is 6.93. The van der Waals surface area contributed by atoms with Crippen molar-refractivity contribution in [3.63, 3.8) is 0 Å². The summed E-state index contributed by atoms with van der Waals surface area (Å²) in [5, 5.41) is 3.94. The van der Waals surface area contributed by atoms with E-state index < -0.39 is 0 Å². The zero-order valence-corrected chi connectivity index (χ0v) is 19.7. The molecule has 2 heterocycles. The van der Waals surface area contributed by atoms with Crippen LogP contribution in [0.1, 0.15) is 34.5 Å². The Hall–Kier alpha value is -2.68. The number of benzene rings is 1. The molecule has 1 unspecified atom stereocenters. The number of hydrogen-bond donors (Lipinski definition) is 2. The molecule has 1 aromatic heterocycles. The minimum atomic E-state index is -0.152. The normalized spacial score (nSPS) is 19.8. The van der Waals surface area contributed by atoms with Crippen LogP contribution in [-0.2, 0) is 0 Å². The van der Waals surface area contributed by atoms with Gasteiger partial charge in [-0.1, -0.05) is 35.6 Å². The highest BCUT2D eigenvalue weighted by Gasteiger charge is 2.25. The molecule has 170 valence electrons. The van der Waals surface area contributed by atoms with Crippen LogP contribution in [0, 0.1) is 0 Å². The summed E-state index contributed by atoms with van der Waals surface area (Å²) in [5.41, 5.74) is 7.58. The zero-order chi connectivity index (χ0) is 22.7. The number of piperidine rings is 1. The molecular formula is C24H31N5O2S. The second kappa shape index (κ2) is 9.85. The minimum Gasteiger partial charge on any atom is -0.497 e. The van der Waals surface area contributed by atoms with Gasteiger partial charge in [0.1, 0.15) is 16.4 Å². The van der Waals surface area contributed by atoms with Crippen molar-refractivity contribution in [2.45, 2.75) is 31.3 Å². The zero-order valence-electron chi connectivity index (χ0n) is 18.9. The number of thiazole rings is 1. The molecule has 1 aliphatic heterocycles. The van der Waals surface area contributed by atoms with Crippen molar-refractivity contribution in [2.24, 2.45) is 0 Å². The number of nitrogens with zero attached hydrogens (tertiary/aromatic N) is 3. The van der Waals surface area contributed by atoms with E-state index in [1.165, 1.54) is 24.2 Å². The lowest BCUT2D eigenvalue weighted by Crippen LogP contribution is -2.45. The lowest BCUT2D eigenvalue weighted by atomic mass is 9.99. The fraction of sp³-hybridized carbons (Fsp3) is 0.417.